The number of hydrogen-bond acceptors (Lipinski definition) is 4. The standard InChI is InChI=1S/C21H20N4O2S/c1-13-20(26)23-16-12-15(8-9-17(16)28-13)21(27)24-18(14-6-4-3-5-7-14)19-22-10-11-25(19)2/h3-13,18H,1-2H3,(H,23,26)(H,24,27). The van der Waals surface area contributed by atoms with Gasteiger partial charge in [-0.1, -0.05) is 30.3 Å². The quantitative estimate of drug-likeness (QED) is 0.714. The van der Waals surface area contributed by atoms with Crippen LogP contribution in [0.5, 0.6) is 0 Å². The van der Waals surface area contributed by atoms with Gasteiger partial charge in [0.2, 0.25) is 5.91 Å². The van der Waals surface area contributed by atoms with Gasteiger partial charge in [-0.25, -0.2) is 4.98 Å². The number of hydrogen-bond donors (Lipinski definition) is 2. The highest BCUT2D eigenvalue weighted by atomic mass is 32.2. The smallest absolute Gasteiger partial charge is 0.252 e. The normalized spacial score (nSPS) is 16.8. The third kappa shape index (κ3) is 3.53. The van der Waals surface area contributed by atoms with Crippen LogP contribution in [0.1, 0.15) is 34.7 Å². The maximum atomic E-state index is 13.0. The summed E-state index contributed by atoms with van der Waals surface area (Å²) in [5.41, 5.74) is 2.11. The number of anilines is 1. The van der Waals surface area contributed by atoms with E-state index in [0.717, 1.165) is 16.3 Å². The van der Waals surface area contributed by atoms with E-state index in [-0.39, 0.29) is 23.1 Å². The summed E-state index contributed by atoms with van der Waals surface area (Å²) in [5, 5.41) is 5.81. The molecule has 28 heavy (non-hydrogen) atoms. The molecule has 0 bridgehead atoms. The lowest BCUT2D eigenvalue weighted by Gasteiger charge is -2.23. The molecular weight excluding hydrogens is 372 g/mol. The SMILES string of the molecule is CC1Sc2ccc(C(=O)NC(c3ccccc3)c3nccn3C)cc2NC1=O. The Labute approximate surface area is 167 Å². The summed E-state index contributed by atoms with van der Waals surface area (Å²) >= 11 is 1.49. The molecule has 2 N–H and O–H groups in total. The Morgan fingerprint density at radius 1 is 1.25 bits per heavy atom. The number of amides is 2. The molecule has 142 valence electrons. The second kappa shape index (κ2) is 7.52. The minimum atomic E-state index is -0.381. The average molecular weight is 392 g/mol. The molecule has 1 aliphatic heterocycles. The van der Waals surface area contributed by atoms with Crippen LogP contribution in [0.3, 0.4) is 0 Å². The number of fused-ring (bicyclic) bond motifs is 1. The summed E-state index contributed by atoms with van der Waals surface area (Å²) in [6, 6.07) is 14.7. The Morgan fingerprint density at radius 2 is 2.04 bits per heavy atom. The van der Waals surface area contributed by atoms with Crippen molar-refractivity contribution in [3.05, 3.63) is 77.9 Å². The van der Waals surface area contributed by atoms with Crippen LogP contribution in [0, 0.1) is 0 Å². The number of carbonyl (C=O) groups excluding carboxylic acids is 2. The van der Waals surface area contributed by atoms with Crippen molar-refractivity contribution in [3.63, 3.8) is 0 Å². The molecule has 0 spiro atoms. The molecule has 2 aromatic carbocycles. The molecule has 4 rings (SSSR count). The van der Waals surface area contributed by atoms with Crippen molar-refractivity contribution in [2.45, 2.75) is 23.1 Å². The Balaban J connectivity index is 1.63. The third-order valence-electron chi connectivity index (χ3n) is 4.70. The molecule has 2 amide bonds. The molecule has 3 aromatic rings. The predicted molar refractivity (Wildman–Crippen MR) is 109 cm³/mol. The maximum Gasteiger partial charge on any atom is 0.252 e. The molecule has 1 aromatic heterocycles. The zero-order chi connectivity index (χ0) is 19.7. The monoisotopic (exact) mass is 392 g/mol. The number of aryl methyl sites for hydroxylation is 1. The van der Waals surface area contributed by atoms with Crippen molar-refractivity contribution >= 4 is 29.3 Å². The first-order chi connectivity index (χ1) is 13.5. The van der Waals surface area contributed by atoms with E-state index in [1.54, 1.807) is 18.3 Å². The lowest BCUT2D eigenvalue weighted by molar-refractivity contribution is -0.115. The molecule has 0 radical (unpaired) electrons. The molecule has 6 nitrogen and oxygen atoms in total. The van der Waals surface area contributed by atoms with Crippen LogP contribution in [0.25, 0.3) is 0 Å². The van der Waals surface area contributed by atoms with E-state index in [1.807, 2.05) is 61.1 Å². The van der Waals surface area contributed by atoms with E-state index in [1.165, 1.54) is 11.8 Å². The van der Waals surface area contributed by atoms with Crippen LogP contribution in [-0.4, -0.2) is 26.6 Å². The Bertz CT molecular complexity index is 1030. The second-order valence-electron chi connectivity index (χ2n) is 6.67. The summed E-state index contributed by atoms with van der Waals surface area (Å²) in [7, 11) is 1.90. The van der Waals surface area contributed by atoms with Gasteiger partial charge in [0.05, 0.1) is 10.9 Å². The highest BCUT2D eigenvalue weighted by Crippen LogP contribution is 2.36. The Morgan fingerprint density at radius 3 is 2.75 bits per heavy atom. The van der Waals surface area contributed by atoms with E-state index >= 15 is 0 Å². The van der Waals surface area contributed by atoms with Crippen LogP contribution in [-0.2, 0) is 11.8 Å². The van der Waals surface area contributed by atoms with Crippen molar-refractivity contribution in [3.8, 4) is 0 Å². The van der Waals surface area contributed by atoms with Gasteiger partial charge in [0.1, 0.15) is 11.9 Å². The van der Waals surface area contributed by atoms with Crippen LogP contribution >= 0.6 is 11.8 Å². The average Bonchev–Trinajstić information content (AvgIpc) is 3.13. The zero-order valence-corrected chi connectivity index (χ0v) is 16.4. The topological polar surface area (TPSA) is 76.0 Å². The van der Waals surface area contributed by atoms with Gasteiger partial charge >= 0.3 is 0 Å². The molecule has 0 aliphatic carbocycles. The first-order valence-corrected chi connectivity index (χ1v) is 9.85. The molecular formula is C21H20N4O2S. The van der Waals surface area contributed by atoms with Gasteiger partial charge in [0.25, 0.3) is 5.91 Å². The van der Waals surface area contributed by atoms with Gasteiger partial charge in [0, 0.05) is 29.9 Å². The molecule has 2 unspecified atom stereocenters. The zero-order valence-electron chi connectivity index (χ0n) is 15.5. The van der Waals surface area contributed by atoms with Gasteiger partial charge in [-0.3, -0.25) is 9.59 Å². The predicted octanol–water partition coefficient (Wildman–Crippen LogP) is 3.37. The molecule has 1 aliphatic rings. The Kier molecular flexibility index (Phi) is 4.92. The maximum absolute atomic E-state index is 13.0. The Hall–Kier alpha value is -3.06. The van der Waals surface area contributed by atoms with Crippen molar-refractivity contribution in [2.75, 3.05) is 5.32 Å². The largest absolute Gasteiger partial charge is 0.338 e. The van der Waals surface area contributed by atoms with Crippen LogP contribution in [0.4, 0.5) is 5.69 Å². The lowest BCUT2D eigenvalue weighted by atomic mass is 10.1. The summed E-state index contributed by atoms with van der Waals surface area (Å²) in [6.45, 7) is 1.86. The molecule has 0 fully saturated rings. The summed E-state index contributed by atoms with van der Waals surface area (Å²) < 4.78 is 1.89. The number of benzene rings is 2. The van der Waals surface area contributed by atoms with Crippen molar-refractivity contribution < 1.29 is 9.59 Å². The fraction of sp³-hybridized carbons (Fsp3) is 0.190. The van der Waals surface area contributed by atoms with Gasteiger partial charge in [-0.2, -0.15) is 0 Å². The van der Waals surface area contributed by atoms with E-state index in [2.05, 4.69) is 15.6 Å². The fourth-order valence-electron chi connectivity index (χ4n) is 3.16. The van der Waals surface area contributed by atoms with Crippen molar-refractivity contribution in [1.29, 1.82) is 0 Å². The number of nitrogens with zero attached hydrogens (tertiary/aromatic N) is 2. The molecule has 0 saturated carbocycles. The minimum absolute atomic E-state index is 0.0507. The molecule has 0 saturated heterocycles. The molecule has 7 heteroatoms. The van der Waals surface area contributed by atoms with Crippen molar-refractivity contribution in [2.24, 2.45) is 7.05 Å². The number of carbonyl (C=O) groups is 2. The number of imidazole rings is 1. The van der Waals surface area contributed by atoms with Gasteiger partial charge in [-0.15, -0.1) is 11.8 Å². The first-order valence-electron chi connectivity index (χ1n) is 8.97. The molecule has 2 atom stereocenters. The number of aromatic nitrogens is 2. The number of nitrogens with one attached hydrogen (secondary N) is 2. The minimum Gasteiger partial charge on any atom is -0.338 e. The van der Waals surface area contributed by atoms with Crippen LogP contribution in [0.2, 0.25) is 0 Å². The molecule has 2 heterocycles. The second-order valence-corrected chi connectivity index (χ2v) is 8.06. The van der Waals surface area contributed by atoms with Gasteiger partial charge in [-0.05, 0) is 30.7 Å². The first kappa shape index (κ1) is 18.3. The summed E-state index contributed by atoms with van der Waals surface area (Å²) in [6.07, 6.45) is 3.56. The van der Waals surface area contributed by atoms with E-state index in [0.29, 0.717) is 11.3 Å². The number of thioether (sulfide) groups is 1. The summed E-state index contributed by atoms with van der Waals surface area (Å²) in [5.74, 6) is 0.470. The fourth-order valence-corrected chi connectivity index (χ4v) is 4.09. The van der Waals surface area contributed by atoms with E-state index in [4.69, 9.17) is 0 Å². The van der Waals surface area contributed by atoms with E-state index in [9.17, 15) is 9.59 Å². The van der Waals surface area contributed by atoms with Crippen LogP contribution < -0.4 is 10.6 Å². The van der Waals surface area contributed by atoms with Crippen molar-refractivity contribution in [1.82, 2.24) is 14.9 Å². The van der Waals surface area contributed by atoms with E-state index < -0.39 is 0 Å². The number of rotatable bonds is 4. The highest BCUT2D eigenvalue weighted by molar-refractivity contribution is 8.00. The highest BCUT2D eigenvalue weighted by Gasteiger charge is 2.25. The van der Waals surface area contributed by atoms with Crippen LogP contribution in [0.15, 0.2) is 65.8 Å². The summed E-state index contributed by atoms with van der Waals surface area (Å²) in [4.78, 5) is 30.3. The third-order valence-corrected chi connectivity index (χ3v) is 5.88. The van der Waals surface area contributed by atoms with Gasteiger partial charge < -0.3 is 15.2 Å². The van der Waals surface area contributed by atoms with Gasteiger partial charge in [0.15, 0.2) is 0 Å². The lowest BCUT2D eigenvalue weighted by Crippen LogP contribution is -2.31.